The topological polar surface area (TPSA) is 140 Å². The first-order valence-electron chi connectivity index (χ1n) is 14.0. The van der Waals surface area contributed by atoms with Crippen molar-refractivity contribution in [2.45, 2.75) is 59.7 Å². The van der Waals surface area contributed by atoms with E-state index in [1.54, 1.807) is 17.0 Å². The SMILES string of the molecule is CCCn1c(=O)c2c(nc(Cc3cncnc3)n2CCN(CC)CCO)n(CCc2cccc(NC(C)=O)c2)c1=O. The zero-order chi connectivity index (χ0) is 29.4. The molecule has 4 aromatic rings. The van der Waals surface area contributed by atoms with Gasteiger partial charge >= 0.3 is 5.69 Å². The number of aryl methyl sites for hydroxylation is 2. The molecule has 12 nitrogen and oxygen atoms in total. The second-order valence-corrected chi connectivity index (χ2v) is 9.96. The van der Waals surface area contributed by atoms with Gasteiger partial charge in [0.05, 0.1) is 6.61 Å². The largest absolute Gasteiger partial charge is 0.395 e. The zero-order valence-electron chi connectivity index (χ0n) is 23.9. The monoisotopic (exact) mass is 562 g/mol. The zero-order valence-corrected chi connectivity index (χ0v) is 23.9. The van der Waals surface area contributed by atoms with E-state index in [1.807, 2.05) is 42.7 Å². The van der Waals surface area contributed by atoms with Crippen molar-refractivity contribution in [3.8, 4) is 0 Å². The number of nitrogens with zero attached hydrogens (tertiary/aromatic N) is 7. The molecule has 3 aromatic heterocycles. The van der Waals surface area contributed by atoms with Crippen LogP contribution in [0.15, 0.2) is 52.6 Å². The molecule has 1 amide bonds. The highest BCUT2D eigenvalue weighted by molar-refractivity contribution is 5.88. The van der Waals surface area contributed by atoms with Crippen molar-refractivity contribution < 1.29 is 9.90 Å². The lowest BCUT2D eigenvalue weighted by atomic mass is 10.1. The standard InChI is InChI=1S/C29H38N8O4/c1-4-10-37-28(40)26-27(36(29(37)41)11-9-22-7-6-8-24(16-22)32-21(3)39)33-25(17-23-18-30-20-31-19-23)35(26)13-12-34(5-2)14-15-38/h6-8,16,18-20,38H,4-5,9-15,17H2,1-3H3,(H,32,39). The summed E-state index contributed by atoms with van der Waals surface area (Å²) < 4.78 is 4.80. The number of fused-ring (bicyclic) bond motifs is 1. The van der Waals surface area contributed by atoms with E-state index in [2.05, 4.69) is 20.2 Å². The molecule has 0 aliphatic heterocycles. The van der Waals surface area contributed by atoms with Gasteiger partial charge in [-0.15, -0.1) is 0 Å². The van der Waals surface area contributed by atoms with Crippen LogP contribution in [0.1, 0.15) is 44.1 Å². The lowest BCUT2D eigenvalue weighted by molar-refractivity contribution is -0.114. The van der Waals surface area contributed by atoms with Crippen molar-refractivity contribution in [2.75, 3.05) is 31.6 Å². The Morgan fingerprint density at radius 3 is 2.46 bits per heavy atom. The molecule has 0 saturated heterocycles. The average molecular weight is 563 g/mol. The first-order chi connectivity index (χ1) is 19.9. The second-order valence-electron chi connectivity index (χ2n) is 9.96. The molecular formula is C29H38N8O4. The number of carbonyl (C=O) groups excluding carboxylic acids is 1. The maximum Gasteiger partial charge on any atom is 0.332 e. The molecule has 0 aliphatic rings. The normalized spacial score (nSPS) is 11.4. The van der Waals surface area contributed by atoms with Crippen LogP contribution in [0.5, 0.6) is 0 Å². The summed E-state index contributed by atoms with van der Waals surface area (Å²) in [4.78, 5) is 54.2. The van der Waals surface area contributed by atoms with Gasteiger partial charge in [0.25, 0.3) is 5.56 Å². The van der Waals surface area contributed by atoms with Gasteiger partial charge in [-0.2, -0.15) is 0 Å². The van der Waals surface area contributed by atoms with E-state index < -0.39 is 5.69 Å². The maximum absolute atomic E-state index is 13.8. The third-order valence-corrected chi connectivity index (χ3v) is 6.99. The molecule has 0 fully saturated rings. The highest BCUT2D eigenvalue weighted by atomic mass is 16.3. The fourth-order valence-corrected chi connectivity index (χ4v) is 5.00. The van der Waals surface area contributed by atoms with E-state index in [0.29, 0.717) is 74.7 Å². The van der Waals surface area contributed by atoms with Gasteiger partial charge in [-0.05, 0) is 42.6 Å². The van der Waals surface area contributed by atoms with Crippen molar-refractivity contribution >= 4 is 22.8 Å². The minimum atomic E-state index is -0.392. The Balaban J connectivity index is 1.82. The lowest BCUT2D eigenvalue weighted by Crippen LogP contribution is -2.41. The molecule has 0 atom stereocenters. The summed E-state index contributed by atoms with van der Waals surface area (Å²) in [6, 6.07) is 7.49. The number of hydrogen-bond donors (Lipinski definition) is 2. The maximum atomic E-state index is 13.8. The minimum absolute atomic E-state index is 0.0404. The van der Waals surface area contributed by atoms with Crippen molar-refractivity contribution in [3.63, 3.8) is 0 Å². The van der Waals surface area contributed by atoms with Gasteiger partial charge in [0, 0.05) is 64.1 Å². The molecule has 12 heteroatoms. The van der Waals surface area contributed by atoms with Crippen LogP contribution >= 0.6 is 0 Å². The van der Waals surface area contributed by atoms with E-state index in [4.69, 9.17) is 4.98 Å². The molecule has 0 radical (unpaired) electrons. The third-order valence-electron chi connectivity index (χ3n) is 6.99. The number of carbonyl (C=O) groups is 1. The van der Waals surface area contributed by atoms with Crippen molar-refractivity contribution in [1.82, 2.24) is 33.6 Å². The number of aliphatic hydroxyl groups is 1. The Kier molecular flexibility index (Phi) is 10.1. The quantitative estimate of drug-likeness (QED) is 0.237. The molecule has 4 rings (SSSR count). The predicted molar refractivity (Wildman–Crippen MR) is 157 cm³/mol. The minimum Gasteiger partial charge on any atom is -0.395 e. The Morgan fingerprint density at radius 1 is 1.00 bits per heavy atom. The molecule has 3 heterocycles. The number of likely N-dealkylation sites (N-methyl/N-ethyl adjacent to an activating group) is 1. The molecule has 0 saturated carbocycles. The third kappa shape index (κ3) is 7.14. The summed E-state index contributed by atoms with van der Waals surface area (Å²) in [6.07, 6.45) is 6.41. The van der Waals surface area contributed by atoms with Gasteiger partial charge in [-0.25, -0.2) is 19.7 Å². The lowest BCUT2D eigenvalue weighted by Gasteiger charge is -2.20. The number of nitrogens with one attached hydrogen (secondary N) is 1. The number of aromatic nitrogens is 6. The average Bonchev–Trinajstić information content (AvgIpc) is 3.31. The van der Waals surface area contributed by atoms with Crippen LogP contribution in [-0.4, -0.2) is 70.8 Å². The van der Waals surface area contributed by atoms with Crippen molar-refractivity contribution in [3.05, 3.63) is 80.8 Å². The summed E-state index contributed by atoms with van der Waals surface area (Å²) in [7, 11) is 0. The van der Waals surface area contributed by atoms with E-state index in [9.17, 15) is 19.5 Å². The number of hydrogen-bond acceptors (Lipinski definition) is 8. The number of imidazole rings is 1. The van der Waals surface area contributed by atoms with E-state index in [0.717, 1.165) is 17.7 Å². The van der Waals surface area contributed by atoms with Gasteiger partial charge in [0.1, 0.15) is 12.2 Å². The number of amides is 1. The van der Waals surface area contributed by atoms with Crippen molar-refractivity contribution in [1.29, 1.82) is 0 Å². The van der Waals surface area contributed by atoms with Crippen LogP contribution in [0.25, 0.3) is 11.2 Å². The Hall–Kier alpha value is -4.16. The fraction of sp³-hybridized carbons (Fsp3) is 0.448. The van der Waals surface area contributed by atoms with Crippen LogP contribution in [-0.2, 0) is 37.3 Å². The van der Waals surface area contributed by atoms with Crippen LogP contribution in [0, 0.1) is 0 Å². The fourth-order valence-electron chi connectivity index (χ4n) is 5.00. The molecular weight excluding hydrogens is 524 g/mol. The number of benzene rings is 1. The van der Waals surface area contributed by atoms with Gasteiger partial charge in [0.2, 0.25) is 5.91 Å². The van der Waals surface area contributed by atoms with Gasteiger partial charge < -0.3 is 15.0 Å². The van der Waals surface area contributed by atoms with Crippen LogP contribution in [0.3, 0.4) is 0 Å². The van der Waals surface area contributed by atoms with Crippen LogP contribution < -0.4 is 16.6 Å². The van der Waals surface area contributed by atoms with Gasteiger partial charge in [-0.3, -0.25) is 23.6 Å². The molecule has 1 aromatic carbocycles. The number of rotatable bonds is 14. The highest BCUT2D eigenvalue weighted by Crippen LogP contribution is 2.17. The number of anilines is 1. The summed E-state index contributed by atoms with van der Waals surface area (Å²) in [5, 5.41) is 12.3. The summed E-state index contributed by atoms with van der Waals surface area (Å²) in [5.74, 6) is 0.483. The van der Waals surface area contributed by atoms with E-state index >= 15 is 0 Å². The van der Waals surface area contributed by atoms with Crippen LogP contribution in [0.2, 0.25) is 0 Å². The first-order valence-corrected chi connectivity index (χ1v) is 14.0. The first kappa shape index (κ1) is 29.8. The molecule has 0 bridgehead atoms. The van der Waals surface area contributed by atoms with Gasteiger partial charge in [0.15, 0.2) is 11.2 Å². The highest BCUT2D eigenvalue weighted by Gasteiger charge is 2.22. The summed E-state index contributed by atoms with van der Waals surface area (Å²) >= 11 is 0. The Morgan fingerprint density at radius 2 is 1.78 bits per heavy atom. The molecule has 2 N–H and O–H groups in total. The summed E-state index contributed by atoms with van der Waals surface area (Å²) in [6.45, 7) is 8.39. The Labute approximate surface area is 238 Å². The van der Waals surface area contributed by atoms with Crippen molar-refractivity contribution in [2.24, 2.45) is 0 Å². The van der Waals surface area contributed by atoms with E-state index in [-0.39, 0.29) is 18.1 Å². The Bertz CT molecular complexity index is 1590. The molecule has 0 unspecified atom stereocenters. The van der Waals surface area contributed by atoms with E-state index in [1.165, 1.54) is 17.8 Å². The molecule has 41 heavy (non-hydrogen) atoms. The second kappa shape index (κ2) is 14.0. The predicted octanol–water partition coefficient (Wildman–Crippen LogP) is 1.67. The van der Waals surface area contributed by atoms with Crippen LogP contribution in [0.4, 0.5) is 5.69 Å². The molecule has 0 aliphatic carbocycles. The smallest absolute Gasteiger partial charge is 0.332 e. The summed E-state index contributed by atoms with van der Waals surface area (Å²) in [5.41, 5.74) is 2.45. The molecule has 0 spiro atoms. The molecule has 218 valence electrons. The van der Waals surface area contributed by atoms with Gasteiger partial charge in [-0.1, -0.05) is 26.0 Å². The number of aliphatic hydroxyl groups excluding tert-OH is 1.